The third kappa shape index (κ3) is 4.25. The molecule has 0 saturated heterocycles. The largest absolute Gasteiger partial charge is 0.497 e. The number of carbonyl (C=O) groups is 3. The van der Waals surface area contributed by atoms with E-state index < -0.39 is 11.9 Å². The van der Waals surface area contributed by atoms with E-state index in [1.807, 2.05) is 18.2 Å². The van der Waals surface area contributed by atoms with Crippen LogP contribution in [-0.4, -0.2) is 41.6 Å². The van der Waals surface area contributed by atoms with Gasteiger partial charge in [0, 0.05) is 5.56 Å². The Hall–Kier alpha value is -3.46. The molecule has 0 aliphatic rings. The van der Waals surface area contributed by atoms with Gasteiger partial charge in [0.25, 0.3) is 5.91 Å². The zero-order chi connectivity index (χ0) is 21.8. The number of carbonyl (C=O) groups excluding carboxylic acids is 3. The minimum atomic E-state index is -0.587. The van der Waals surface area contributed by atoms with Crippen molar-refractivity contribution in [1.82, 2.24) is 10.2 Å². The van der Waals surface area contributed by atoms with E-state index in [1.165, 1.54) is 6.92 Å². The van der Waals surface area contributed by atoms with Crippen molar-refractivity contribution in [1.29, 1.82) is 0 Å². The highest BCUT2D eigenvalue weighted by atomic mass is 32.1. The fraction of sp³-hybridized carbons (Fsp3) is 0.238. The highest BCUT2D eigenvalue weighted by Crippen LogP contribution is 2.34. The van der Waals surface area contributed by atoms with E-state index in [4.69, 9.17) is 9.47 Å². The summed E-state index contributed by atoms with van der Waals surface area (Å²) in [7, 11) is 1.57. The molecule has 1 amide bonds. The number of rotatable bonds is 7. The van der Waals surface area contributed by atoms with Gasteiger partial charge in [-0.05, 0) is 44.5 Å². The maximum Gasteiger partial charge on any atom is 0.341 e. The summed E-state index contributed by atoms with van der Waals surface area (Å²) in [5, 5.41) is 9.84. The van der Waals surface area contributed by atoms with Gasteiger partial charge < -0.3 is 14.8 Å². The van der Waals surface area contributed by atoms with Crippen LogP contribution < -0.4 is 10.1 Å². The predicted molar refractivity (Wildman–Crippen MR) is 114 cm³/mol. The van der Waals surface area contributed by atoms with Gasteiger partial charge in [-0.1, -0.05) is 12.1 Å². The number of nitrogens with zero attached hydrogens (tertiary/aromatic N) is 1. The number of aromatic amines is 1. The summed E-state index contributed by atoms with van der Waals surface area (Å²) in [6.45, 7) is 4.94. The smallest absolute Gasteiger partial charge is 0.341 e. The highest BCUT2D eigenvalue weighted by Gasteiger charge is 2.26. The van der Waals surface area contributed by atoms with Crippen LogP contribution in [0, 0.1) is 6.92 Å². The fourth-order valence-electron chi connectivity index (χ4n) is 2.93. The predicted octanol–water partition coefficient (Wildman–Crippen LogP) is 4.09. The third-order valence-electron chi connectivity index (χ3n) is 4.36. The molecule has 1 aromatic carbocycles. The van der Waals surface area contributed by atoms with Crippen molar-refractivity contribution in [2.45, 2.75) is 20.8 Å². The number of anilines is 1. The Labute approximate surface area is 177 Å². The number of benzene rings is 1. The molecule has 0 unspecified atom stereocenters. The zero-order valence-electron chi connectivity index (χ0n) is 17.0. The maximum atomic E-state index is 12.8. The second kappa shape index (κ2) is 8.91. The SMILES string of the molecule is CCOC(=O)c1c(NC(=O)c2cc(-c3cccc(OC)c3)n[nH]2)sc(C(C)=O)c1C. The summed E-state index contributed by atoms with van der Waals surface area (Å²) in [5.74, 6) is -0.592. The van der Waals surface area contributed by atoms with Crippen molar-refractivity contribution < 1.29 is 23.9 Å². The van der Waals surface area contributed by atoms with Crippen molar-refractivity contribution in [3.63, 3.8) is 0 Å². The monoisotopic (exact) mass is 427 g/mol. The quantitative estimate of drug-likeness (QED) is 0.434. The van der Waals surface area contributed by atoms with Crippen LogP contribution in [0.1, 0.15) is 49.9 Å². The number of hydrogen-bond donors (Lipinski definition) is 2. The van der Waals surface area contributed by atoms with Crippen LogP contribution in [0.25, 0.3) is 11.3 Å². The minimum Gasteiger partial charge on any atom is -0.497 e. The molecule has 0 spiro atoms. The molecule has 0 fully saturated rings. The number of ether oxygens (including phenoxy) is 2. The van der Waals surface area contributed by atoms with Gasteiger partial charge in [0.1, 0.15) is 16.4 Å². The number of aromatic nitrogens is 2. The minimum absolute atomic E-state index is 0.182. The Bertz CT molecular complexity index is 1120. The van der Waals surface area contributed by atoms with Gasteiger partial charge >= 0.3 is 5.97 Å². The second-order valence-corrected chi connectivity index (χ2v) is 7.41. The number of thiophene rings is 1. The first-order valence-corrected chi connectivity index (χ1v) is 10.00. The van der Waals surface area contributed by atoms with E-state index >= 15 is 0 Å². The van der Waals surface area contributed by atoms with Crippen LogP contribution in [0.3, 0.4) is 0 Å². The average molecular weight is 427 g/mol. The van der Waals surface area contributed by atoms with Crippen LogP contribution in [0.2, 0.25) is 0 Å². The van der Waals surface area contributed by atoms with Crippen LogP contribution in [0.5, 0.6) is 5.75 Å². The van der Waals surface area contributed by atoms with Crippen LogP contribution in [0.15, 0.2) is 30.3 Å². The first kappa shape index (κ1) is 21.3. The van der Waals surface area contributed by atoms with Gasteiger partial charge in [-0.2, -0.15) is 5.10 Å². The Balaban J connectivity index is 1.89. The lowest BCUT2D eigenvalue weighted by Crippen LogP contribution is -2.15. The van der Waals surface area contributed by atoms with E-state index in [0.29, 0.717) is 21.9 Å². The normalized spacial score (nSPS) is 10.5. The molecule has 8 nitrogen and oxygen atoms in total. The Morgan fingerprint density at radius 2 is 2.00 bits per heavy atom. The summed E-state index contributed by atoms with van der Waals surface area (Å²) in [4.78, 5) is 37.4. The molecule has 0 saturated carbocycles. The lowest BCUT2D eigenvalue weighted by molar-refractivity contribution is 0.0527. The molecule has 0 aliphatic carbocycles. The molecule has 2 aromatic heterocycles. The number of hydrogen-bond acceptors (Lipinski definition) is 7. The molecule has 0 bridgehead atoms. The third-order valence-corrected chi connectivity index (χ3v) is 5.67. The Morgan fingerprint density at radius 1 is 1.23 bits per heavy atom. The number of Topliss-reactive ketones (excluding diaryl/α,β-unsaturated/α-hetero) is 1. The number of H-pyrrole nitrogens is 1. The van der Waals surface area contributed by atoms with Crippen molar-refractivity contribution in [2.24, 2.45) is 0 Å². The number of esters is 1. The van der Waals surface area contributed by atoms with Crippen molar-refractivity contribution >= 4 is 34.0 Å². The number of ketones is 1. The van der Waals surface area contributed by atoms with E-state index in [0.717, 1.165) is 16.9 Å². The van der Waals surface area contributed by atoms with E-state index in [1.54, 1.807) is 33.1 Å². The lowest BCUT2D eigenvalue weighted by Gasteiger charge is -2.06. The molecule has 0 radical (unpaired) electrons. The van der Waals surface area contributed by atoms with Crippen molar-refractivity contribution in [3.05, 3.63) is 52.0 Å². The summed E-state index contributed by atoms with van der Waals surface area (Å²) >= 11 is 1.05. The van der Waals surface area contributed by atoms with Crippen LogP contribution in [0.4, 0.5) is 5.00 Å². The molecule has 0 aliphatic heterocycles. The highest BCUT2D eigenvalue weighted by molar-refractivity contribution is 7.18. The van der Waals surface area contributed by atoms with Crippen LogP contribution in [-0.2, 0) is 4.74 Å². The molecule has 3 rings (SSSR count). The van der Waals surface area contributed by atoms with Gasteiger partial charge in [0.05, 0.1) is 29.9 Å². The van der Waals surface area contributed by atoms with Gasteiger partial charge in [-0.15, -0.1) is 11.3 Å². The van der Waals surface area contributed by atoms with Gasteiger partial charge in [-0.3, -0.25) is 14.7 Å². The molecule has 3 aromatic rings. The molecule has 0 atom stereocenters. The first-order chi connectivity index (χ1) is 14.3. The Kier molecular flexibility index (Phi) is 6.31. The molecule has 156 valence electrons. The van der Waals surface area contributed by atoms with Crippen LogP contribution >= 0.6 is 11.3 Å². The number of amides is 1. The molecule has 2 N–H and O–H groups in total. The molecular weight excluding hydrogens is 406 g/mol. The number of methoxy groups -OCH3 is 1. The summed E-state index contributed by atoms with van der Waals surface area (Å²) in [6, 6.07) is 8.89. The van der Waals surface area contributed by atoms with E-state index in [9.17, 15) is 14.4 Å². The fourth-order valence-corrected chi connectivity index (χ4v) is 4.01. The van der Waals surface area contributed by atoms with Gasteiger partial charge in [0.15, 0.2) is 5.78 Å². The average Bonchev–Trinajstić information content (AvgIpc) is 3.33. The van der Waals surface area contributed by atoms with Gasteiger partial charge in [0.2, 0.25) is 0 Å². The zero-order valence-corrected chi connectivity index (χ0v) is 17.8. The Morgan fingerprint density at radius 3 is 2.67 bits per heavy atom. The standard InChI is InChI=1S/C21H21N3O5S/c1-5-29-21(27)17-11(2)18(12(3)25)30-20(17)22-19(26)16-10-15(23-24-16)13-7-6-8-14(9-13)28-4/h6-10H,5H2,1-4H3,(H,22,26)(H,23,24). The van der Waals surface area contributed by atoms with Gasteiger partial charge in [-0.25, -0.2) is 4.79 Å². The molecule has 30 heavy (non-hydrogen) atoms. The second-order valence-electron chi connectivity index (χ2n) is 6.39. The molecule has 9 heteroatoms. The van der Waals surface area contributed by atoms with Crippen molar-refractivity contribution in [2.75, 3.05) is 19.0 Å². The topological polar surface area (TPSA) is 110 Å². The first-order valence-electron chi connectivity index (χ1n) is 9.18. The van der Waals surface area contributed by atoms with Crippen molar-refractivity contribution in [3.8, 4) is 17.0 Å². The maximum absolute atomic E-state index is 12.8. The summed E-state index contributed by atoms with van der Waals surface area (Å²) in [5.41, 5.74) is 2.23. The number of nitrogens with one attached hydrogen (secondary N) is 2. The van der Waals surface area contributed by atoms with E-state index in [2.05, 4.69) is 15.5 Å². The molecular formula is C21H21N3O5S. The summed E-state index contributed by atoms with van der Waals surface area (Å²) < 4.78 is 10.3. The lowest BCUT2D eigenvalue weighted by atomic mass is 10.1. The summed E-state index contributed by atoms with van der Waals surface area (Å²) in [6.07, 6.45) is 0. The van der Waals surface area contributed by atoms with E-state index in [-0.39, 0.29) is 28.6 Å². The molecule has 2 heterocycles.